The molecule has 7 heteroatoms. The number of nitrogens with zero attached hydrogens (tertiary/aromatic N) is 1. The summed E-state index contributed by atoms with van der Waals surface area (Å²) in [6.45, 7) is 4.29. The van der Waals surface area contributed by atoms with Gasteiger partial charge in [0.2, 0.25) is 5.91 Å². The van der Waals surface area contributed by atoms with Crippen LogP contribution in [0.15, 0.2) is 0 Å². The van der Waals surface area contributed by atoms with Crippen molar-refractivity contribution >= 4 is 23.3 Å². The summed E-state index contributed by atoms with van der Waals surface area (Å²) >= 11 is 1.57. The highest BCUT2D eigenvalue weighted by atomic mass is 32.1. The molecular formula is C10H16N4O2S. The SMILES string of the molecule is CCc1nc(C)sc1CNC(=O)CNC(N)=O. The van der Waals surface area contributed by atoms with Crippen molar-refractivity contribution in [2.45, 2.75) is 26.8 Å². The van der Waals surface area contributed by atoms with Gasteiger partial charge < -0.3 is 16.4 Å². The number of carbonyl (C=O) groups is 2. The fourth-order valence-electron chi connectivity index (χ4n) is 1.34. The van der Waals surface area contributed by atoms with Gasteiger partial charge in [-0.05, 0) is 13.3 Å². The zero-order valence-electron chi connectivity index (χ0n) is 9.87. The zero-order chi connectivity index (χ0) is 12.8. The normalized spacial score (nSPS) is 10.0. The van der Waals surface area contributed by atoms with Crippen molar-refractivity contribution in [3.8, 4) is 0 Å². The van der Waals surface area contributed by atoms with E-state index in [1.165, 1.54) is 0 Å². The molecule has 1 heterocycles. The van der Waals surface area contributed by atoms with E-state index in [1.54, 1.807) is 11.3 Å². The van der Waals surface area contributed by atoms with Gasteiger partial charge in [-0.3, -0.25) is 4.79 Å². The Bertz CT molecular complexity index is 416. The maximum Gasteiger partial charge on any atom is 0.312 e. The molecule has 0 aromatic carbocycles. The lowest BCUT2D eigenvalue weighted by Crippen LogP contribution is -2.39. The van der Waals surface area contributed by atoms with Crippen LogP contribution >= 0.6 is 11.3 Å². The van der Waals surface area contributed by atoms with E-state index in [0.717, 1.165) is 22.0 Å². The molecule has 0 unspecified atom stereocenters. The van der Waals surface area contributed by atoms with Gasteiger partial charge in [-0.25, -0.2) is 9.78 Å². The fraction of sp³-hybridized carbons (Fsp3) is 0.500. The number of primary amides is 1. The van der Waals surface area contributed by atoms with Gasteiger partial charge in [0.05, 0.1) is 23.8 Å². The molecule has 94 valence electrons. The summed E-state index contributed by atoms with van der Waals surface area (Å²) in [5.74, 6) is -0.267. The molecule has 1 aromatic heterocycles. The number of aromatic nitrogens is 1. The number of thiazole rings is 1. The van der Waals surface area contributed by atoms with E-state index in [0.29, 0.717) is 6.54 Å². The standard InChI is InChI=1S/C10H16N4O2S/c1-3-7-8(17-6(2)14-7)4-12-9(15)5-13-10(11)16/h3-5H2,1-2H3,(H,12,15)(H3,11,13,16). The number of hydrogen-bond acceptors (Lipinski definition) is 4. The monoisotopic (exact) mass is 256 g/mol. The van der Waals surface area contributed by atoms with Gasteiger partial charge in [-0.15, -0.1) is 11.3 Å². The molecule has 0 spiro atoms. The van der Waals surface area contributed by atoms with Gasteiger partial charge in [-0.1, -0.05) is 6.92 Å². The first-order valence-electron chi connectivity index (χ1n) is 5.28. The van der Waals surface area contributed by atoms with Crippen LogP contribution in [0.25, 0.3) is 0 Å². The number of aryl methyl sites for hydroxylation is 2. The number of amides is 3. The molecule has 0 saturated heterocycles. The van der Waals surface area contributed by atoms with E-state index in [2.05, 4.69) is 15.6 Å². The third kappa shape index (κ3) is 4.39. The Morgan fingerprint density at radius 2 is 2.12 bits per heavy atom. The molecular weight excluding hydrogens is 240 g/mol. The van der Waals surface area contributed by atoms with Crippen LogP contribution in [0.1, 0.15) is 22.5 Å². The maximum absolute atomic E-state index is 11.3. The van der Waals surface area contributed by atoms with Crippen molar-refractivity contribution in [2.24, 2.45) is 5.73 Å². The summed E-state index contributed by atoms with van der Waals surface area (Å²) in [5.41, 5.74) is 5.87. The van der Waals surface area contributed by atoms with Gasteiger partial charge in [0.1, 0.15) is 0 Å². The van der Waals surface area contributed by atoms with Crippen LogP contribution in [-0.4, -0.2) is 23.5 Å². The molecule has 0 saturated carbocycles. The third-order valence-electron chi connectivity index (χ3n) is 2.09. The van der Waals surface area contributed by atoms with Crippen molar-refractivity contribution in [2.75, 3.05) is 6.54 Å². The van der Waals surface area contributed by atoms with Crippen LogP contribution in [0.3, 0.4) is 0 Å². The smallest absolute Gasteiger partial charge is 0.312 e. The minimum absolute atomic E-state index is 0.103. The van der Waals surface area contributed by atoms with Gasteiger partial charge in [0, 0.05) is 4.88 Å². The van der Waals surface area contributed by atoms with Crippen LogP contribution in [0, 0.1) is 6.92 Å². The topological polar surface area (TPSA) is 97.1 Å². The quantitative estimate of drug-likeness (QED) is 0.706. The number of urea groups is 1. The van der Waals surface area contributed by atoms with E-state index < -0.39 is 6.03 Å². The second-order valence-electron chi connectivity index (χ2n) is 3.45. The molecule has 1 aromatic rings. The first kappa shape index (κ1) is 13.4. The number of rotatable bonds is 5. The van der Waals surface area contributed by atoms with Crippen molar-refractivity contribution in [1.29, 1.82) is 0 Å². The first-order chi connectivity index (χ1) is 8.02. The molecule has 0 atom stereocenters. The second-order valence-corrected chi connectivity index (χ2v) is 4.74. The molecule has 6 nitrogen and oxygen atoms in total. The van der Waals surface area contributed by atoms with E-state index in [9.17, 15) is 9.59 Å². The van der Waals surface area contributed by atoms with E-state index in [-0.39, 0.29) is 12.5 Å². The molecule has 3 amide bonds. The average Bonchev–Trinajstić information content (AvgIpc) is 2.64. The Labute approximate surface area is 104 Å². The van der Waals surface area contributed by atoms with E-state index >= 15 is 0 Å². The third-order valence-corrected chi connectivity index (χ3v) is 3.10. The second kappa shape index (κ2) is 6.19. The molecule has 0 aliphatic heterocycles. The minimum atomic E-state index is -0.706. The lowest BCUT2D eigenvalue weighted by molar-refractivity contribution is -0.120. The van der Waals surface area contributed by atoms with E-state index in [1.807, 2.05) is 13.8 Å². The van der Waals surface area contributed by atoms with Crippen molar-refractivity contribution in [1.82, 2.24) is 15.6 Å². The highest BCUT2D eigenvalue weighted by molar-refractivity contribution is 7.11. The summed E-state index contributed by atoms with van der Waals surface area (Å²) in [6.07, 6.45) is 0.842. The van der Waals surface area contributed by atoms with Gasteiger partial charge in [-0.2, -0.15) is 0 Å². The van der Waals surface area contributed by atoms with Crippen LogP contribution < -0.4 is 16.4 Å². The van der Waals surface area contributed by atoms with Crippen LogP contribution in [0.2, 0.25) is 0 Å². The number of carbonyl (C=O) groups excluding carboxylic acids is 2. The van der Waals surface area contributed by atoms with Crippen molar-refractivity contribution in [3.05, 3.63) is 15.6 Å². The number of nitrogens with two attached hydrogens (primary N) is 1. The number of nitrogens with one attached hydrogen (secondary N) is 2. The summed E-state index contributed by atoms with van der Waals surface area (Å²) < 4.78 is 0. The Morgan fingerprint density at radius 1 is 1.41 bits per heavy atom. The highest BCUT2D eigenvalue weighted by Gasteiger charge is 2.09. The lowest BCUT2D eigenvalue weighted by atomic mass is 10.3. The van der Waals surface area contributed by atoms with Crippen LogP contribution in [-0.2, 0) is 17.8 Å². The predicted molar refractivity (Wildman–Crippen MR) is 65.7 cm³/mol. The Hall–Kier alpha value is -1.63. The summed E-state index contributed by atoms with van der Waals surface area (Å²) in [6, 6.07) is -0.706. The molecule has 0 fully saturated rings. The minimum Gasteiger partial charge on any atom is -0.352 e. The summed E-state index contributed by atoms with van der Waals surface area (Å²) in [5, 5.41) is 5.92. The van der Waals surface area contributed by atoms with Gasteiger partial charge in [0.25, 0.3) is 0 Å². The summed E-state index contributed by atoms with van der Waals surface area (Å²) in [4.78, 5) is 27.1. The molecule has 0 aliphatic rings. The molecule has 4 N–H and O–H groups in total. The van der Waals surface area contributed by atoms with Crippen molar-refractivity contribution < 1.29 is 9.59 Å². The van der Waals surface area contributed by atoms with Gasteiger partial charge in [0.15, 0.2) is 0 Å². The van der Waals surface area contributed by atoms with Crippen LogP contribution in [0.4, 0.5) is 4.79 Å². The molecule has 0 aliphatic carbocycles. The first-order valence-corrected chi connectivity index (χ1v) is 6.09. The highest BCUT2D eigenvalue weighted by Crippen LogP contribution is 2.17. The zero-order valence-corrected chi connectivity index (χ0v) is 10.7. The molecule has 0 bridgehead atoms. The number of hydrogen-bond donors (Lipinski definition) is 3. The molecule has 1 rings (SSSR count). The summed E-state index contributed by atoms with van der Waals surface area (Å²) in [7, 11) is 0. The average molecular weight is 256 g/mol. The Kier molecular flexibility index (Phi) is 4.89. The van der Waals surface area contributed by atoms with Crippen LogP contribution in [0.5, 0.6) is 0 Å². The van der Waals surface area contributed by atoms with E-state index in [4.69, 9.17) is 5.73 Å². The Balaban J connectivity index is 2.44. The molecule has 0 radical (unpaired) electrons. The predicted octanol–water partition coefficient (Wildman–Crippen LogP) is 0.298. The molecule has 17 heavy (non-hydrogen) atoms. The van der Waals surface area contributed by atoms with Gasteiger partial charge >= 0.3 is 6.03 Å². The fourth-order valence-corrected chi connectivity index (χ4v) is 2.30. The maximum atomic E-state index is 11.3. The Morgan fingerprint density at radius 3 is 2.71 bits per heavy atom. The lowest BCUT2D eigenvalue weighted by Gasteiger charge is -2.04. The largest absolute Gasteiger partial charge is 0.352 e. The van der Waals surface area contributed by atoms with Crippen molar-refractivity contribution in [3.63, 3.8) is 0 Å².